The lowest BCUT2D eigenvalue weighted by atomic mass is 10.1. The highest BCUT2D eigenvalue weighted by Crippen LogP contribution is 2.40. The molecule has 1 saturated carbocycles. The van der Waals surface area contributed by atoms with Gasteiger partial charge in [0.15, 0.2) is 0 Å². The van der Waals surface area contributed by atoms with Crippen molar-refractivity contribution in [3.05, 3.63) is 34.9 Å². The topological polar surface area (TPSA) is 69.6 Å². The van der Waals surface area contributed by atoms with Crippen LogP contribution in [0.25, 0.3) is 0 Å². The Balaban J connectivity index is 1.81. The zero-order chi connectivity index (χ0) is 13.2. The van der Waals surface area contributed by atoms with Gasteiger partial charge in [0, 0.05) is 16.8 Å². The Kier molecular flexibility index (Phi) is 3.72. The van der Waals surface area contributed by atoms with Crippen molar-refractivity contribution in [2.45, 2.75) is 29.3 Å². The average Bonchev–Trinajstić information content (AvgIpc) is 3.15. The van der Waals surface area contributed by atoms with Crippen molar-refractivity contribution < 1.29 is 0 Å². The molecule has 0 spiro atoms. The SMILES string of the molecule is NCC(Sc1nnnn1C1CC1)c1cccc(Cl)c1. The van der Waals surface area contributed by atoms with Gasteiger partial charge in [-0.15, -0.1) is 5.10 Å². The molecule has 1 aliphatic carbocycles. The Hall–Kier alpha value is -1.11. The third-order valence-corrected chi connectivity index (χ3v) is 4.50. The largest absolute Gasteiger partial charge is 0.329 e. The van der Waals surface area contributed by atoms with Gasteiger partial charge in [-0.1, -0.05) is 35.5 Å². The zero-order valence-corrected chi connectivity index (χ0v) is 11.8. The van der Waals surface area contributed by atoms with Crippen molar-refractivity contribution >= 4 is 23.4 Å². The third-order valence-electron chi connectivity index (χ3n) is 3.04. The van der Waals surface area contributed by atoms with Gasteiger partial charge in [-0.3, -0.25) is 0 Å². The van der Waals surface area contributed by atoms with Crippen molar-refractivity contribution in [2.75, 3.05) is 6.54 Å². The number of nitrogens with zero attached hydrogens (tertiary/aromatic N) is 4. The highest BCUT2D eigenvalue weighted by molar-refractivity contribution is 7.99. The van der Waals surface area contributed by atoms with Gasteiger partial charge < -0.3 is 5.73 Å². The van der Waals surface area contributed by atoms with Crippen LogP contribution in [0.3, 0.4) is 0 Å². The van der Waals surface area contributed by atoms with E-state index in [0.29, 0.717) is 12.6 Å². The minimum Gasteiger partial charge on any atom is -0.329 e. The van der Waals surface area contributed by atoms with Gasteiger partial charge in [-0.05, 0) is 41.0 Å². The molecule has 0 saturated heterocycles. The summed E-state index contributed by atoms with van der Waals surface area (Å²) in [5, 5.41) is 13.6. The number of hydrogen-bond donors (Lipinski definition) is 1. The second kappa shape index (κ2) is 5.48. The minimum absolute atomic E-state index is 0.113. The molecule has 2 aromatic rings. The Morgan fingerprint density at radius 2 is 2.32 bits per heavy atom. The van der Waals surface area contributed by atoms with Crippen LogP contribution in [0, 0.1) is 0 Å². The molecule has 1 fully saturated rings. The number of aromatic nitrogens is 4. The standard InChI is InChI=1S/C12H14ClN5S/c13-9-3-1-2-8(6-9)11(7-14)19-12-15-16-17-18(12)10-4-5-10/h1-3,6,10-11H,4-5,7,14H2. The molecule has 1 aromatic heterocycles. The molecule has 1 heterocycles. The van der Waals surface area contributed by atoms with E-state index in [1.54, 1.807) is 11.8 Å². The molecule has 3 rings (SSSR count). The second-order valence-electron chi connectivity index (χ2n) is 4.53. The van der Waals surface area contributed by atoms with Gasteiger partial charge in [-0.2, -0.15) is 0 Å². The van der Waals surface area contributed by atoms with Crippen molar-refractivity contribution in [2.24, 2.45) is 5.73 Å². The summed E-state index contributed by atoms with van der Waals surface area (Å²) in [5.41, 5.74) is 6.97. The van der Waals surface area contributed by atoms with E-state index in [1.165, 1.54) is 0 Å². The van der Waals surface area contributed by atoms with Crippen molar-refractivity contribution in [3.63, 3.8) is 0 Å². The lowest BCUT2D eigenvalue weighted by molar-refractivity contribution is 0.564. The van der Waals surface area contributed by atoms with E-state index in [2.05, 4.69) is 15.5 Å². The molecule has 0 amide bonds. The van der Waals surface area contributed by atoms with Crippen LogP contribution in [0.4, 0.5) is 0 Å². The Morgan fingerprint density at radius 3 is 3.00 bits per heavy atom. The number of hydrogen-bond acceptors (Lipinski definition) is 5. The van der Waals surface area contributed by atoms with Crippen LogP contribution < -0.4 is 5.73 Å². The van der Waals surface area contributed by atoms with Crippen molar-refractivity contribution in [1.82, 2.24) is 20.2 Å². The molecule has 0 aliphatic heterocycles. The lowest BCUT2D eigenvalue weighted by Crippen LogP contribution is -2.11. The highest BCUT2D eigenvalue weighted by Gasteiger charge is 2.29. The Labute approximate surface area is 120 Å². The summed E-state index contributed by atoms with van der Waals surface area (Å²) in [4.78, 5) is 0. The second-order valence-corrected chi connectivity index (χ2v) is 6.14. The van der Waals surface area contributed by atoms with Gasteiger partial charge in [0.05, 0.1) is 6.04 Å². The highest BCUT2D eigenvalue weighted by atomic mass is 35.5. The molecule has 0 bridgehead atoms. The molecule has 1 unspecified atom stereocenters. The monoisotopic (exact) mass is 295 g/mol. The minimum atomic E-state index is 0.113. The van der Waals surface area contributed by atoms with Crippen LogP contribution in [-0.2, 0) is 0 Å². The predicted molar refractivity (Wildman–Crippen MR) is 75.2 cm³/mol. The fourth-order valence-electron chi connectivity index (χ4n) is 1.90. The molecule has 2 N–H and O–H groups in total. The van der Waals surface area contributed by atoms with Crippen molar-refractivity contribution in [1.29, 1.82) is 0 Å². The smallest absolute Gasteiger partial charge is 0.210 e. The van der Waals surface area contributed by atoms with Crippen molar-refractivity contribution in [3.8, 4) is 0 Å². The van der Waals surface area contributed by atoms with E-state index >= 15 is 0 Å². The molecular formula is C12H14ClN5S. The van der Waals surface area contributed by atoms with Gasteiger partial charge in [0.2, 0.25) is 5.16 Å². The maximum Gasteiger partial charge on any atom is 0.210 e. The van der Waals surface area contributed by atoms with Crippen LogP contribution in [0.15, 0.2) is 29.4 Å². The number of benzene rings is 1. The summed E-state index contributed by atoms with van der Waals surface area (Å²) < 4.78 is 1.90. The third kappa shape index (κ3) is 2.91. The number of tetrazole rings is 1. The van der Waals surface area contributed by atoms with Gasteiger partial charge >= 0.3 is 0 Å². The maximum atomic E-state index is 6.02. The summed E-state index contributed by atoms with van der Waals surface area (Å²) in [7, 11) is 0. The number of rotatable bonds is 5. The van der Waals surface area contributed by atoms with Crippen LogP contribution in [0.5, 0.6) is 0 Å². The summed E-state index contributed by atoms with van der Waals surface area (Å²) in [6.45, 7) is 0.516. The molecule has 5 nitrogen and oxygen atoms in total. The van der Waals surface area contributed by atoms with Gasteiger partial charge in [-0.25, -0.2) is 4.68 Å². The molecular weight excluding hydrogens is 282 g/mol. The van der Waals surface area contributed by atoms with Crippen LogP contribution >= 0.6 is 23.4 Å². The molecule has 1 atom stereocenters. The van der Waals surface area contributed by atoms with Crippen LogP contribution in [-0.4, -0.2) is 26.8 Å². The van der Waals surface area contributed by atoms with Gasteiger partial charge in [0.25, 0.3) is 0 Å². The van der Waals surface area contributed by atoms with Crippen LogP contribution in [0.1, 0.15) is 29.7 Å². The van der Waals surface area contributed by atoms with E-state index in [4.69, 9.17) is 17.3 Å². The molecule has 0 radical (unpaired) electrons. The van der Waals surface area contributed by atoms with E-state index in [9.17, 15) is 0 Å². The quantitative estimate of drug-likeness (QED) is 0.858. The van der Waals surface area contributed by atoms with E-state index < -0.39 is 0 Å². The number of halogens is 1. The molecule has 1 aromatic carbocycles. The summed E-state index contributed by atoms with van der Waals surface area (Å²) in [6.07, 6.45) is 2.31. The fourth-order valence-corrected chi connectivity index (χ4v) is 3.11. The summed E-state index contributed by atoms with van der Waals surface area (Å²) in [5.74, 6) is 0. The zero-order valence-electron chi connectivity index (χ0n) is 10.2. The Bertz CT molecular complexity index is 569. The molecule has 1 aliphatic rings. The average molecular weight is 296 g/mol. The first-order valence-corrected chi connectivity index (χ1v) is 7.43. The first-order valence-electron chi connectivity index (χ1n) is 6.18. The van der Waals surface area contributed by atoms with E-state index in [1.807, 2.05) is 28.9 Å². The first-order chi connectivity index (χ1) is 9.28. The van der Waals surface area contributed by atoms with Crippen LogP contribution in [0.2, 0.25) is 5.02 Å². The molecule has 100 valence electrons. The number of nitrogens with two attached hydrogens (primary N) is 1. The maximum absolute atomic E-state index is 6.02. The summed E-state index contributed by atoms with van der Waals surface area (Å²) >= 11 is 7.62. The van der Waals surface area contributed by atoms with E-state index in [-0.39, 0.29) is 5.25 Å². The van der Waals surface area contributed by atoms with Gasteiger partial charge in [0.1, 0.15) is 0 Å². The first kappa shape index (κ1) is 12.9. The lowest BCUT2D eigenvalue weighted by Gasteiger charge is -2.14. The number of thioether (sulfide) groups is 1. The normalized spacial score (nSPS) is 16.5. The fraction of sp³-hybridized carbons (Fsp3) is 0.417. The molecule has 7 heteroatoms. The predicted octanol–water partition coefficient (Wildman–Crippen LogP) is 2.45. The van der Waals surface area contributed by atoms with E-state index in [0.717, 1.165) is 28.6 Å². The molecule has 19 heavy (non-hydrogen) atoms. The Morgan fingerprint density at radius 1 is 1.47 bits per heavy atom. The summed E-state index contributed by atoms with van der Waals surface area (Å²) in [6, 6.07) is 8.23.